The van der Waals surface area contributed by atoms with Crippen LogP contribution in [0.1, 0.15) is 30.1 Å². The number of hydrogen-bond acceptors (Lipinski definition) is 5. The van der Waals surface area contributed by atoms with Gasteiger partial charge in [-0.25, -0.2) is 0 Å². The summed E-state index contributed by atoms with van der Waals surface area (Å²) in [6, 6.07) is 5.48. The third kappa shape index (κ3) is 3.82. The van der Waals surface area contributed by atoms with Crippen LogP contribution in [0.4, 0.5) is 0 Å². The van der Waals surface area contributed by atoms with Crippen LogP contribution >= 0.6 is 0 Å². The second-order valence-corrected chi connectivity index (χ2v) is 6.79. The summed E-state index contributed by atoms with van der Waals surface area (Å²) < 4.78 is 11.9. The summed E-state index contributed by atoms with van der Waals surface area (Å²) in [5.74, 6) is 0.239. The highest BCUT2D eigenvalue weighted by Crippen LogP contribution is 2.27. The van der Waals surface area contributed by atoms with Crippen molar-refractivity contribution in [2.45, 2.75) is 26.3 Å². The number of nitrogens with zero attached hydrogens (tertiary/aromatic N) is 2. The van der Waals surface area contributed by atoms with Gasteiger partial charge in [0.1, 0.15) is 12.3 Å². The van der Waals surface area contributed by atoms with Crippen LogP contribution in [0.2, 0.25) is 0 Å². The lowest BCUT2D eigenvalue weighted by Crippen LogP contribution is -2.41. The molecule has 7 heteroatoms. The second-order valence-electron chi connectivity index (χ2n) is 6.79. The van der Waals surface area contributed by atoms with Gasteiger partial charge in [-0.1, -0.05) is 0 Å². The lowest BCUT2D eigenvalue weighted by molar-refractivity contribution is -0.149. The number of ketones is 1. The van der Waals surface area contributed by atoms with Gasteiger partial charge in [-0.15, -0.1) is 0 Å². The highest BCUT2D eigenvalue weighted by Gasteiger charge is 2.28. The van der Waals surface area contributed by atoms with E-state index in [0.29, 0.717) is 37.2 Å². The number of fused-ring (bicyclic) bond motifs is 1. The molecule has 144 valence electrons. The molecule has 1 amide bonds. The Morgan fingerprint density at radius 2 is 1.85 bits per heavy atom. The van der Waals surface area contributed by atoms with Gasteiger partial charge in [-0.05, 0) is 31.9 Å². The average molecular weight is 372 g/mol. The van der Waals surface area contributed by atoms with Crippen molar-refractivity contribution in [2.24, 2.45) is 5.92 Å². The van der Waals surface area contributed by atoms with E-state index in [4.69, 9.17) is 9.47 Å². The minimum absolute atomic E-state index is 0.0341. The van der Waals surface area contributed by atoms with E-state index in [2.05, 4.69) is 0 Å². The van der Waals surface area contributed by atoms with Gasteiger partial charge in [0, 0.05) is 36.3 Å². The molecule has 3 rings (SSSR count). The Balaban J connectivity index is 1.79. The molecular formula is C20H24N2O5. The number of piperidine rings is 1. The smallest absolute Gasteiger partial charge is 0.308 e. The molecule has 0 spiro atoms. The summed E-state index contributed by atoms with van der Waals surface area (Å²) in [6.07, 6.45) is 2.94. The lowest BCUT2D eigenvalue weighted by atomic mass is 9.97. The van der Waals surface area contributed by atoms with Gasteiger partial charge in [0.25, 0.3) is 0 Å². The van der Waals surface area contributed by atoms with Gasteiger partial charge in [0.15, 0.2) is 5.78 Å². The van der Waals surface area contributed by atoms with Crippen molar-refractivity contribution >= 4 is 28.6 Å². The maximum absolute atomic E-state index is 12.8. The molecule has 1 aliphatic rings. The largest absolute Gasteiger partial charge is 0.497 e. The number of aromatic nitrogens is 1. The zero-order valence-corrected chi connectivity index (χ0v) is 15.9. The summed E-state index contributed by atoms with van der Waals surface area (Å²) >= 11 is 0. The number of Topliss-reactive ketones (excluding diaryl/α,β-unsaturated/α-hetero) is 1. The minimum Gasteiger partial charge on any atom is -0.497 e. The number of rotatable bonds is 5. The number of esters is 1. The molecule has 1 aromatic heterocycles. The van der Waals surface area contributed by atoms with Gasteiger partial charge in [-0.2, -0.15) is 0 Å². The molecule has 2 aromatic rings. The summed E-state index contributed by atoms with van der Waals surface area (Å²) in [5.41, 5.74) is 1.38. The molecular weight excluding hydrogens is 348 g/mol. The van der Waals surface area contributed by atoms with Gasteiger partial charge in [0.2, 0.25) is 5.91 Å². The monoisotopic (exact) mass is 372 g/mol. The van der Waals surface area contributed by atoms with E-state index < -0.39 is 0 Å². The van der Waals surface area contributed by atoms with Gasteiger partial charge < -0.3 is 18.9 Å². The quantitative estimate of drug-likeness (QED) is 0.594. The first-order chi connectivity index (χ1) is 12.9. The van der Waals surface area contributed by atoms with Crippen LogP contribution < -0.4 is 4.74 Å². The first-order valence-corrected chi connectivity index (χ1v) is 8.98. The van der Waals surface area contributed by atoms with Crippen LogP contribution in [0.25, 0.3) is 10.9 Å². The van der Waals surface area contributed by atoms with Crippen LogP contribution in [0.15, 0.2) is 24.4 Å². The Morgan fingerprint density at radius 1 is 1.15 bits per heavy atom. The fourth-order valence-electron chi connectivity index (χ4n) is 3.59. The van der Waals surface area contributed by atoms with Crippen LogP contribution in [0.5, 0.6) is 5.75 Å². The normalized spacial score (nSPS) is 15.0. The van der Waals surface area contributed by atoms with E-state index in [-0.39, 0.29) is 30.1 Å². The molecule has 0 radical (unpaired) electrons. The van der Waals surface area contributed by atoms with Gasteiger partial charge in [0.05, 0.1) is 25.7 Å². The summed E-state index contributed by atoms with van der Waals surface area (Å²) in [6.45, 7) is 2.71. The maximum Gasteiger partial charge on any atom is 0.308 e. The number of hydrogen-bond donors (Lipinski definition) is 0. The van der Waals surface area contributed by atoms with Crippen LogP contribution in [-0.2, 0) is 20.9 Å². The van der Waals surface area contributed by atoms with Crippen molar-refractivity contribution in [1.29, 1.82) is 0 Å². The molecule has 0 unspecified atom stereocenters. The van der Waals surface area contributed by atoms with E-state index in [9.17, 15) is 14.4 Å². The van der Waals surface area contributed by atoms with Crippen LogP contribution in [-0.4, -0.2) is 54.4 Å². The Kier molecular flexibility index (Phi) is 5.48. The Hall–Kier alpha value is -2.83. The fraction of sp³-hybridized carbons (Fsp3) is 0.450. The first kappa shape index (κ1) is 18.9. The topological polar surface area (TPSA) is 77.8 Å². The molecule has 1 aliphatic heterocycles. The SMILES string of the molecule is COC(=O)C1CCN(C(=O)Cn2cc(C(C)=O)c3ccc(OC)cc32)CC1. The number of ether oxygens (including phenoxy) is 2. The number of methoxy groups -OCH3 is 2. The highest BCUT2D eigenvalue weighted by atomic mass is 16.5. The second kappa shape index (κ2) is 7.82. The highest BCUT2D eigenvalue weighted by molar-refractivity contribution is 6.07. The molecule has 27 heavy (non-hydrogen) atoms. The summed E-state index contributed by atoms with van der Waals surface area (Å²) in [4.78, 5) is 38.1. The number of carbonyl (C=O) groups is 3. The Labute approximate surface area is 157 Å². The fourth-order valence-corrected chi connectivity index (χ4v) is 3.59. The molecule has 0 N–H and O–H groups in total. The van der Waals surface area contributed by atoms with E-state index in [1.807, 2.05) is 12.1 Å². The first-order valence-electron chi connectivity index (χ1n) is 8.98. The number of likely N-dealkylation sites (tertiary alicyclic amines) is 1. The van der Waals surface area contributed by atoms with Gasteiger partial charge >= 0.3 is 5.97 Å². The van der Waals surface area contributed by atoms with E-state index in [1.54, 1.807) is 28.8 Å². The molecule has 1 fully saturated rings. The van der Waals surface area contributed by atoms with Gasteiger partial charge in [-0.3, -0.25) is 14.4 Å². The Bertz CT molecular complexity index is 878. The molecule has 0 atom stereocenters. The van der Waals surface area contributed by atoms with Crippen molar-refractivity contribution in [3.63, 3.8) is 0 Å². The average Bonchev–Trinajstić information content (AvgIpc) is 3.05. The molecule has 1 saturated heterocycles. The number of carbonyl (C=O) groups excluding carboxylic acids is 3. The predicted molar refractivity (Wildman–Crippen MR) is 99.8 cm³/mol. The minimum atomic E-state index is -0.211. The lowest BCUT2D eigenvalue weighted by Gasteiger charge is -2.30. The van der Waals surface area contributed by atoms with E-state index in [0.717, 1.165) is 10.9 Å². The van der Waals surface area contributed by atoms with Crippen molar-refractivity contribution in [3.8, 4) is 5.75 Å². The maximum atomic E-state index is 12.8. The number of amides is 1. The predicted octanol–water partition coefficient (Wildman–Crippen LogP) is 2.26. The van der Waals surface area contributed by atoms with Crippen molar-refractivity contribution in [1.82, 2.24) is 9.47 Å². The molecule has 0 bridgehead atoms. The Morgan fingerprint density at radius 3 is 2.44 bits per heavy atom. The van der Waals surface area contributed by atoms with Crippen LogP contribution in [0, 0.1) is 5.92 Å². The molecule has 0 saturated carbocycles. The molecule has 7 nitrogen and oxygen atoms in total. The summed E-state index contributed by atoms with van der Waals surface area (Å²) in [5, 5.41) is 0.806. The molecule has 1 aromatic carbocycles. The van der Waals surface area contributed by atoms with Crippen molar-refractivity contribution < 1.29 is 23.9 Å². The van der Waals surface area contributed by atoms with E-state index >= 15 is 0 Å². The standard InChI is InChI=1S/C20H24N2O5/c1-13(23)17-11-22(18-10-15(26-2)4-5-16(17)18)12-19(24)21-8-6-14(7-9-21)20(25)27-3/h4-5,10-11,14H,6-9,12H2,1-3H3. The van der Waals surface area contributed by atoms with E-state index in [1.165, 1.54) is 14.0 Å². The number of benzene rings is 1. The third-order valence-electron chi connectivity index (χ3n) is 5.16. The summed E-state index contributed by atoms with van der Waals surface area (Å²) in [7, 11) is 2.97. The zero-order valence-electron chi connectivity index (χ0n) is 15.9. The van der Waals surface area contributed by atoms with Crippen LogP contribution in [0.3, 0.4) is 0 Å². The zero-order chi connectivity index (χ0) is 19.6. The molecule has 2 heterocycles. The van der Waals surface area contributed by atoms with Crippen molar-refractivity contribution in [3.05, 3.63) is 30.0 Å². The third-order valence-corrected chi connectivity index (χ3v) is 5.16. The van der Waals surface area contributed by atoms with Crippen molar-refractivity contribution in [2.75, 3.05) is 27.3 Å². The molecule has 0 aliphatic carbocycles.